The highest BCUT2D eigenvalue weighted by Crippen LogP contribution is 2.28. The molecule has 1 aliphatic carbocycles. The number of amides is 1. The van der Waals surface area contributed by atoms with Crippen LogP contribution in [0.25, 0.3) is 0 Å². The number of anilines is 2. The molecule has 3 rings (SSSR count). The summed E-state index contributed by atoms with van der Waals surface area (Å²) < 4.78 is 0. The Hall–Kier alpha value is -2.43. The standard InChI is InChI=1S/C22H30N4O/c1-6-26(7-2)22-23-14-18-13-17(9-11-20(18)24-22)21(27)25(5)19-10-8-15(3)16(4)12-19/h8,10,12,14,17H,6-7,9,11,13H2,1-5H3. The van der Waals surface area contributed by atoms with Crippen LogP contribution in [-0.4, -0.2) is 36.0 Å². The van der Waals surface area contributed by atoms with Crippen molar-refractivity contribution in [1.29, 1.82) is 0 Å². The van der Waals surface area contributed by atoms with Gasteiger partial charge in [0.05, 0.1) is 0 Å². The maximum Gasteiger partial charge on any atom is 0.230 e. The van der Waals surface area contributed by atoms with Gasteiger partial charge >= 0.3 is 0 Å². The van der Waals surface area contributed by atoms with E-state index < -0.39 is 0 Å². The van der Waals surface area contributed by atoms with Crippen molar-refractivity contribution in [3.63, 3.8) is 0 Å². The minimum Gasteiger partial charge on any atom is -0.341 e. The molecule has 0 N–H and O–H groups in total. The molecule has 0 radical (unpaired) electrons. The molecule has 1 aromatic carbocycles. The fraction of sp³-hybridized carbons (Fsp3) is 0.500. The minimum atomic E-state index is -0.00740. The third-order valence-corrected chi connectivity index (χ3v) is 5.74. The molecule has 0 saturated carbocycles. The zero-order valence-electron chi connectivity index (χ0n) is 17.1. The van der Waals surface area contributed by atoms with Crippen molar-refractivity contribution in [3.05, 3.63) is 46.8 Å². The van der Waals surface area contributed by atoms with Crippen LogP contribution in [0.4, 0.5) is 11.6 Å². The van der Waals surface area contributed by atoms with E-state index in [1.807, 2.05) is 19.3 Å². The van der Waals surface area contributed by atoms with Crippen molar-refractivity contribution in [3.8, 4) is 0 Å². The Morgan fingerprint density at radius 3 is 2.59 bits per heavy atom. The third kappa shape index (κ3) is 3.97. The van der Waals surface area contributed by atoms with Crippen LogP contribution in [0.3, 0.4) is 0 Å². The van der Waals surface area contributed by atoms with Crippen LogP contribution < -0.4 is 9.80 Å². The van der Waals surface area contributed by atoms with E-state index in [9.17, 15) is 4.79 Å². The Morgan fingerprint density at radius 2 is 1.93 bits per heavy atom. The molecule has 1 aliphatic rings. The minimum absolute atomic E-state index is 0.00740. The van der Waals surface area contributed by atoms with Gasteiger partial charge in [-0.05, 0) is 75.8 Å². The number of benzene rings is 1. The van der Waals surface area contributed by atoms with Gasteiger partial charge in [-0.2, -0.15) is 0 Å². The molecule has 1 heterocycles. The molecule has 0 spiro atoms. The van der Waals surface area contributed by atoms with Crippen molar-refractivity contribution in [1.82, 2.24) is 9.97 Å². The van der Waals surface area contributed by atoms with Crippen LogP contribution in [0.1, 0.15) is 42.7 Å². The maximum atomic E-state index is 13.0. The average Bonchev–Trinajstić information content (AvgIpc) is 2.69. The van der Waals surface area contributed by atoms with Crippen LogP contribution in [0, 0.1) is 19.8 Å². The van der Waals surface area contributed by atoms with Gasteiger partial charge in [-0.15, -0.1) is 0 Å². The van der Waals surface area contributed by atoms with Crippen LogP contribution >= 0.6 is 0 Å². The summed E-state index contributed by atoms with van der Waals surface area (Å²) in [4.78, 5) is 26.3. The lowest BCUT2D eigenvalue weighted by atomic mass is 9.86. The summed E-state index contributed by atoms with van der Waals surface area (Å²) >= 11 is 0. The topological polar surface area (TPSA) is 49.3 Å². The Kier molecular flexibility index (Phi) is 5.78. The molecule has 5 nitrogen and oxygen atoms in total. The molecular formula is C22H30N4O. The molecule has 5 heteroatoms. The predicted octanol–water partition coefficient (Wildman–Crippen LogP) is 3.71. The van der Waals surface area contributed by atoms with Gasteiger partial charge in [0.15, 0.2) is 0 Å². The summed E-state index contributed by atoms with van der Waals surface area (Å²) in [6.07, 6.45) is 4.33. The maximum absolute atomic E-state index is 13.0. The second kappa shape index (κ2) is 8.07. The zero-order chi connectivity index (χ0) is 19.6. The van der Waals surface area contributed by atoms with Gasteiger partial charge in [-0.1, -0.05) is 6.07 Å². The summed E-state index contributed by atoms with van der Waals surface area (Å²) in [5.41, 5.74) is 5.63. The van der Waals surface area contributed by atoms with Gasteiger partial charge < -0.3 is 9.80 Å². The Morgan fingerprint density at radius 1 is 1.19 bits per heavy atom. The van der Waals surface area contributed by atoms with Gasteiger partial charge in [0.25, 0.3) is 0 Å². The van der Waals surface area contributed by atoms with E-state index in [2.05, 4.69) is 49.7 Å². The van der Waals surface area contributed by atoms with Crippen molar-refractivity contribution in [2.75, 3.05) is 29.9 Å². The number of carbonyl (C=O) groups is 1. The number of nitrogens with zero attached hydrogens (tertiary/aromatic N) is 4. The van der Waals surface area contributed by atoms with Gasteiger partial charge in [0, 0.05) is 43.6 Å². The largest absolute Gasteiger partial charge is 0.341 e. The van der Waals surface area contributed by atoms with E-state index in [-0.39, 0.29) is 11.8 Å². The SMILES string of the molecule is CCN(CC)c1ncc2c(n1)CCC(C(=O)N(C)c1ccc(C)c(C)c1)C2. The molecule has 1 amide bonds. The van der Waals surface area contributed by atoms with Crippen LogP contribution in [0.2, 0.25) is 0 Å². The quantitative estimate of drug-likeness (QED) is 0.809. The summed E-state index contributed by atoms with van der Waals surface area (Å²) in [6.45, 7) is 10.2. The molecule has 0 fully saturated rings. The van der Waals surface area contributed by atoms with E-state index in [4.69, 9.17) is 4.98 Å². The molecule has 1 aromatic heterocycles. The first-order valence-electron chi connectivity index (χ1n) is 9.89. The number of hydrogen-bond acceptors (Lipinski definition) is 4. The zero-order valence-corrected chi connectivity index (χ0v) is 17.1. The smallest absolute Gasteiger partial charge is 0.230 e. The molecule has 0 bridgehead atoms. The van der Waals surface area contributed by atoms with Crippen LogP contribution in [0.5, 0.6) is 0 Å². The number of hydrogen-bond donors (Lipinski definition) is 0. The highest BCUT2D eigenvalue weighted by atomic mass is 16.2. The van der Waals surface area contributed by atoms with E-state index in [0.29, 0.717) is 0 Å². The lowest BCUT2D eigenvalue weighted by molar-refractivity contribution is -0.122. The predicted molar refractivity (Wildman–Crippen MR) is 110 cm³/mol. The van der Waals surface area contributed by atoms with Crippen LogP contribution in [0.15, 0.2) is 24.4 Å². The first kappa shape index (κ1) is 19.3. The summed E-state index contributed by atoms with van der Waals surface area (Å²) in [7, 11) is 1.88. The number of aromatic nitrogens is 2. The molecule has 144 valence electrons. The monoisotopic (exact) mass is 366 g/mol. The Bertz CT molecular complexity index is 829. The van der Waals surface area contributed by atoms with Crippen molar-refractivity contribution in [2.45, 2.75) is 47.0 Å². The van der Waals surface area contributed by atoms with E-state index >= 15 is 0 Å². The van der Waals surface area contributed by atoms with Gasteiger partial charge in [0.1, 0.15) is 0 Å². The number of carbonyl (C=O) groups excluding carboxylic acids is 1. The molecule has 27 heavy (non-hydrogen) atoms. The molecule has 1 unspecified atom stereocenters. The molecule has 0 saturated heterocycles. The average molecular weight is 367 g/mol. The normalized spacial score (nSPS) is 16.0. The second-order valence-corrected chi connectivity index (χ2v) is 7.42. The van der Waals surface area contributed by atoms with Gasteiger partial charge in [-0.25, -0.2) is 9.97 Å². The van der Waals surface area contributed by atoms with E-state index in [0.717, 1.165) is 55.2 Å². The Balaban J connectivity index is 1.75. The number of rotatable bonds is 5. The van der Waals surface area contributed by atoms with E-state index in [1.54, 1.807) is 4.90 Å². The van der Waals surface area contributed by atoms with Crippen LogP contribution in [-0.2, 0) is 17.6 Å². The first-order valence-corrected chi connectivity index (χ1v) is 9.89. The highest BCUT2D eigenvalue weighted by molar-refractivity contribution is 5.95. The summed E-state index contributed by atoms with van der Waals surface area (Å²) in [5.74, 6) is 0.972. The molecule has 1 atom stereocenters. The van der Waals surface area contributed by atoms with E-state index in [1.165, 1.54) is 11.1 Å². The van der Waals surface area contributed by atoms with Crippen molar-refractivity contribution >= 4 is 17.5 Å². The third-order valence-electron chi connectivity index (χ3n) is 5.74. The number of fused-ring (bicyclic) bond motifs is 1. The highest BCUT2D eigenvalue weighted by Gasteiger charge is 2.29. The first-order chi connectivity index (χ1) is 12.9. The summed E-state index contributed by atoms with van der Waals surface area (Å²) in [6, 6.07) is 6.19. The fourth-order valence-corrected chi connectivity index (χ4v) is 3.70. The lowest BCUT2D eigenvalue weighted by Crippen LogP contribution is -2.36. The summed E-state index contributed by atoms with van der Waals surface area (Å²) in [5, 5.41) is 0. The van der Waals surface area contributed by atoms with Crippen molar-refractivity contribution in [2.24, 2.45) is 5.92 Å². The fourth-order valence-electron chi connectivity index (χ4n) is 3.70. The second-order valence-electron chi connectivity index (χ2n) is 7.42. The Labute approximate surface area is 162 Å². The molecule has 0 aliphatic heterocycles. The lowest BCUT2D eigenvalue weighted by Gasteiger charge is -2.28. The van der Waals surface area contributed by atoms with Crippen molar-refractivity contribution < 1.29 is 4.79 Å². The van der Waals surface area contributed by atoms with Gasteiger partial charge in [0.2, 0.25) is 11.9 Å². The molecule has 2 aromatic rings. The molecular weight excluding hydrogens is 336 g/mol. The van der Waals surface area contributed by atoms with Gasteiger partial charge in [-0.3, -0.25) is 4.79 Å². The number of aryl methyl sites for hydroxylation is 3.